The predicted octanol–water partition coefficient (Wildman–Crippen LogP) is 5.38. The molecule has 0 aliphatic heterocycles. The molecule has 0 fully saturated rings. The van der Waals surface area contributed by atoms with Crippen LogP contribution in [0.25, 0.3) is 55.8 Å². The Labute approximate surface area is 187 Å². The van der Waals surface area contributed by atoms with E-state index in [0.29, 0.717) is 28.1 Å². The van der Waals surface area contributed by atoms with E-state index in [-0.39, 0.29) is 11.6 Å². The third kappa shape index (κ3) is 3.28. The summed E-state index contributed by atoms with van der Waals surface area (Å²) in [7, 11) is 0. The van der Waals surface area contributed by atoms with Crippen molar-refractivity contribution in [3.05, 3.63) is 78.5 Å². The number of nitrogens with zero attached hydrogens (tertiary/aromatic N) is 4. The van der Waals surface area contributed by atoms with Gasteiger partial charge in [0, 0.05) is 23.3 Å². The lowest BCUT2D eigenvalue weighted by atomic mass is 10.0. The maximum atomic E-state index is 14.1. The van der Waals surface area contributed by atoms with Crippen molar-refractivity contribution in [3.63, 3.8) is 0 Å². The van der Waals surface area contributed by atoms with E-state index in [9.17, 15) is 9.50 Å². The number of aromatic nitrogens is 6. The number of H-pyrrole nitrogens is 2. The molecule has 0 aliphatic carbocycles. The van der Waals surface area contributed by atoms with E-state index in [1.54, 1.807) is 18.5 Å². The van der Waals surface area contributed by atoms with Crippen LogP contribution >= 0.6 is 0 Å². The molecular formula is C25H17FN6O. The molecular weight excluding hydrogens is 419 g/mol. The number of rotatable bonds is 3. The van der Waals surface area contributed by atoms with Gasteiger partial charge in [-0.3, -0.25) is 10.1 Å². The van der Waals surface area contributed by atoms with Crippen LogP contribution in [-0.4, -0.2) is 35.2 Å². The van der Waals surface area contributed by atoms with E-state index in [2.05, 4.69) is 25.1 Å². The molecule has 1 aromatic carbocycles. The Hall–Kier alpha value is -4.59. The van der Waals surface area contributed by atoms with E-state index >= 15 is 0 Å². The lowest BCUT2D eigenvalue weighted by Crippen LogP contribution is -1.87. The van der Waals surface area contributed by atoms with Crippen LogP contribution in [0.3, 0.4) is 0 Å². The first-order chi connectivity index (χ1) is 16.0. The van der Waals surface area contributed by atoms with Crippen LogP contribution in [0.5, 0.6) is 5.75 Å². The van der Waals surface area contributed by atoms with Crippen molar-refractivity contribution in [3.8, 4) is 39.5 Å². The maximum Gasteiger partial charge on any atom is 0.138 e. The Bertz CT molecular complexity index is 1650. The number of nitrogens with one attached hydrogen (secondary N) is 2. The lowest BCUT2D eigenvalue weighted by molar-refractivity contribution is 0.473. The van der Waals surface area contributed by atoms with E-state index in [0.717, 1.165) is 33.3 Å². The lowest BCUT2D eigenvalue weighted by Gasteiger charge is -2.05. The first-order valence-corrected chi connectivity index (χ1v) is 10.3. The summed E-state index contributed by atoms with van der Waals surface area (Å²) in [4.78, 5) is 16.6. The van der Waals surface area contributed by atoms with Crippen molar-refractivity contribution >= 4 is 22.1 Å². The van der Waals surface area contributed by atoms with Crippen LogP contribution in [0.2, 0.25) is 0 Å². The highest BCUT2D eigenvalue weighted by atomic mass is 19.1. The molecule has 3 N–H and O–H groups in total. The van der Waals surface area contributed by atoms with Gasteiger partial charge in [-0.1, -0.05) is 6.07 Å². The Morgan fingerprint density at radius 2 is 1.88 bits per heavy atom. The number of halogens is 1. The Morgan fingerprint density at radius 1 is 0.970 bits per heavy atom. The van der Waals surface area contributed by atoms with Crippen molar-refractivity contribution in [2.24, 2.45) is 0 Å². The Morgan fingerprint density at radius 3 is 2.73 bits per heavy atom. The average molecular weight is 436 g/mol. The predicted molar refractivity (Wildman–Crippen MR) is 124 cm³/mol. The van der Waals surface area contributed by atoms with E-state index in [4.69, 9.17) is 4.98 Å². The second-order valence-corrected chi connectivity index (χ2v) is 7.92. The zero-order valence-corrected chi connectivity index (χ0v) is 17.5. The zero-order valence-electron chi connectivity index (χ0n) is 17.5. The molecule has 0 bridgehead atoms. The quantitative estimate of drug-likeness (QED) is 0.345. The molecule has 6 rings (SSSR count). The smallest absolute Gasteiger partial charge is 0.138 e. The van der Waals surface area contributed by atoms with E-state index < -0.39 is 0 Å². The monoisotopic (exact) mass is 436 g/mol. The second kappa shape index (κ2) is 7.23. The summed E-state index contributed by atoms with van der Waals surface area (Å²) in [5.41, 5.74) is 7.38. The van der Waals surface area contributed by atoms with Crippen molar-refractivity contribution in [1.82, 2.24) is 30.1 Å². The number of hydrogen-bond acceptors (Lipinski definition) is 5. The normalized spacial score (nSPS) is 11.5. The first-order valence-electron chi connectivity index (χ1n) is 10.3. The molecule has 0 atom stereocenters. The average Bonchev–Trinajstić information content (AvgIpc) is 3.41. The van der Waals surface area contributed by atoms with Gasteiger partial charge in [0.1, 0.15) is 28.4 Å². The molecule has 0 saturated carbocycles. The van der Waals surface area contributed by atoms with Gasteiger partial charge in [-0.25, -0.2) is 14.4 Å². The van der Waals surface area contributed by atoms with Gasteiger partial charge >= 0.3 is 0 Å². The van der Waals surface area contributed by atoms with Gasteiger partial charge in [-0.15, -0.1) is 0 Å². The molecule has 0 saturated heterocycles. The number of aryl methyl sites for hydroxylation is 1. The number of aromatic amines is 2. The van der Waals surface area contributed by atoms with Crippen LogP contribution in [0.15, 0.2) is 67.1 Å². The van der Waals surface area contributed by atoms with Gasteiger partial charge < -0.3 is 10.1 Å². The first kappa shape index (κ1) is 19.1. The van der Waals surface area contributed by atoms with Crippen molar-refractivity contribution < 1.29 is 9.50 Å². The molecule has 5 aromatic heterocycles. The fourth-order valence-corrected chi connectivity index (χ4v) is 4.11. The summed E-state index contributed by atoms with van der Waals surface area (Å²) in [6.07, 6.45) is 4.72. The number of benzene rings is 1. The van der Waals surface area contributed by atoms with Crippen LogP contribution in [-0.2, 0) is 0 Å². The highest BCUT2D eigenvalue weighted by molar-refractivity contribution is 5.99. The molecule has 0 spiro atoms. The summed E-state index contributed by atoms with van der Waals surface area (Å²) in [5, 5.41) is 18.1. The van der Waals surface area contributed by atoms with Gasteiger partial charge in [0.15, 0.2) is 0 Å². The number of pyridine rings is 3. The summed E-state index contributed by atoms with van der Waals surface area (Å²) < 4.78 is 14.1. The topological polar surface area (TPSA) is 103 Å². The van der Waals surface area contributed by atoms with Gasteiger partial charge in [0.05, 0.1) is 23.1 Å². The van der Waals surface area contributed by atoms with E-state index in [1.807, 2.05) is 37.3 Å². The largest absolute Gasteiger partial charge is 0.506 e. The zero-order chi connectivity index (χ0) is 22.5. The van der Waals surface area contributed by atoms with Crippen LogP contribution in [0.4, 0.5) is 4.39 Å². The van der Waals surface area contributed by atoms with Crippen molar-refractivity contribution in [2.45, 2.75) is 6.92 Å². The van der Waals surface area contributed by atoms with Gasteiger partial charge in [-0.05, 0) is 66.1 Å². The van der Waals surface area contributed by atoms with Crippen LogP contribution in [0.1, 0.15) is 5.56 Å². The molecule has 8 heteroatoms. The molecule has 5 heterocycles. The number of hydrogen-bond donors (Lipinski definition) is 3. The third-order valence-corrected chi connectivity index (χ3v) is 5.57. The summed E-state index contributed by atoms with van der Waals surface area (Å²) >= 11 is 0. The van der Waals surface area contributed by atoms with Gasteiger partial charge in [0.2, 0.25) is 0 Å². The summed E-state index contributed by atoms with van der Waals surface area (Å²) in [6.45, 7) is 1.87. The fraction of sp³-hybridized carbons (Fsp3) is 0.0400. The SMILES string of the molecule is Cc1cc(F)cc(-c2ccnc3[nH]c(-c4n[nH]c5ccc(-c6cncc(O)c6)nc45)cc23)c1. The minimum Gasteiger partial charge on any atom is -0.506 e. The van der Waals surface area contributed by atoms with Gasteiger partial charge in [0.25, 0.3) is 0 Å². The molecule has 33 heavy (non-hydrogen) atoms. The third-order valence-electron chi connectivity index (χ3n) is 5.57. The van der Waals surface area contributed by atoms with E-state index in [1.165, 1.54) is 18.3 Å². The molecule has 0 unspecified atom stereocenters. The molecule has 6 aromatic rings. The highest BCUT2D eigenvalue weighted by Crippen LogP contribution is 2.34. The summed E-state index contributed by atoms with van der Waals surface area (Å²) in [5.74, 6) is -0.203. The van der Waals surface area contributed by atoms with Crippen molar-refractivity contribution in [1.29, 1.82) is 0 Å². The van der Waals surface area contributed by atoms with Gasteiger partial charge in [-0.2, -0.15) is 5.10 Å². The second-order valence-electron chi connectivity index (χ2n) is 7.92. The number of aromatic hydroxyl groups is 1. The molecule has 160 valence electrons. The Kier molecular flexibility index (Phi) is 4.19. The fourth-order valence-electron chi connectivity index (χ4n) is 4.11. The Balaban J connectivity index is 1.51. The molecule has 0 aliphatic rings. The summed E-state index contributed by atoms with van der Waals surface area (Å²) in [6, 6.07) is 14.2. The highest BCUT2D eigenvalue weighted by Gasteiger charge is 2.16. The maximum absolute atomic E-state index is 14.1. The van der Waals surface area contributed by atoms with Crippen molar-refractivity contribution in [2.75, 3.05) is 0 Å². The van der Waals surface area contributed by atoms with Crippen LogP contribution in [0, 0.1) is 12.7 Å². The molecule has 0 amide bonds. The van der Waals surface area contributed by atoms with Crippen LogP contribution < -0.4 is 0 Å². The standard InChI is InChI=1S/C25H17FN6O/c1-13-6-14(8-16(26)7-13)18-4-5-28-25-19(18)10-22(30-25)24-23-21(31-32-24)3-2-20(29-23)15-9-17(33)12-27-11-15/h2-12,33H,1H3,(H,28,30)(H,31,32). The minimum atomic E-state index is -0.276. The minimum absolute atomic E-state index is 0.0728. The molecule has 0 radical (unpaired) electrons. The molecule has 7 nitrogen and oxygen atoms in total. The number of fused-ring (bicyclic) bond motifs is 2.